The highest BCUT2D eigenvalue weighted by atomic mass is 19.1. The summed E-state index contributed by atoms with van der Waals surface area (Å²) in [7, 11) is 0. The Morgan fingerprint density at radius 1 is 0.903 bits per heavy atom. The smallest absolute Gasteiger partial charge is 0.344 e. The topological polar surface area (TPSA) is 59.1 Å². The monoisotopic (exact) mass is 428 g/mol. The number of nitrogens with zero attached hydrogens (tertiary/aromatic N) is 2. The van der Waals surface area contributed by atoms with E-state index in [2.05, 4.69) is 25.7 Å². The third kappa shape index (κ3) is 6.44. The van der Waals surface area contributed by atoms with E-state index >= 15 is 0 Å². The number of piperazine rings is 1. The van der Waals surface area contributed by atoms with Crippen molar-refractivity contribution in [1.29, 1.82) is 0 Å². The molecule has 1 saturated heterocycles. The highest BCUT2D eigenvalue weighted by Crippen LogP contribution is 2.24. The molecule has 2 aromatic rings. The summed E-state index contributed by atoms with van der Waals surface area (Å²) >= 11 is 0. The van der Waals surface area contributed by atoms with Crippen LogP contribution in [0.25, 0.3) is 0 Å². The largest absolute Gasteiger partial charge is 0.482 e. The van der Waals surface area contributed by atoms with Gasteiger partial charge in [-0.15, -0.1) is 0 Å². The van der Waals surface area contributed by atoms with Crippen molar-refractivity contribution in [2.24, 2.45) is 0 Å². The third-order valence-electron chi connectivity index (χ3n) is 5.26. The molecule has 1 amide bonds. The normalized spacial score (nSPS) is 14.3. The van der Waals surface area contributed by atoms with Gasteiger partial charge in [-0.3, -0.25) is 4.79 Å². The second kappa shape index (κ2) is 9.81. The van der Waals surface area contributed by atoms with Crippen molar-refractivity contribution in [3.8, 4) is 5.75 Å². The van der Waals surface area contributed by atoms with Crippen LogP contribution in [0, 0.1) is 5.82 Å². The number of carbonyl (C=O) groups is 2. The second-order valence-electron chi connectivity index (χ2n) is 8.57. The quantitative estimate of drug-likeness (QED) is 0.660. The van der Waals surface area contributed by atoms with Gasteiger partial charge in [-0.1, -0.05) is 32.9 Å². The van der Waals surface area contributed by atoms with E-state index in [0.717, 1.165) is 5.69 Å². The number of anilines is 1. The van der Waals surface area contributed by atoms with Gasteiger partial charge in [-0.2, -0.15) is 0 Å². The van der Waals surface area contributed by atoms with Crippen molar-refractivity contribution in [3.63, 3.8) is 0 Å². The van der Waals surface area contributed by atoms with E-state index in [1.54, 1.807) is 17.0 Å². The van der Waals surface area contributed by atoms with Crippen LogP contribution >= 0.6 is 0 Å². The van der Waals surface area contributed by atoms with Gasteiger partial charge >= 0.3 is 5.97 Å². The molecule has 0 atom stereocenters. The maximum absolute atomic E-state index is 13.1. The Morgan fingerprint density at radius 3 is 2.10 bits per heavy atom. The summed E-state index contributed by atoms with van der Waals surface area (Å²) in [6, 6.07) is 13.9. The molecule has 1 fully saturated rings. The van der Waals surface area contributed by atoms with Crippen LogP contribution in [-0.2, 0) is 19.7 Å². The van der Waals surface area contributed by atoms with Gasteiger partial charge in [-0.25, -0.2) is 9.18 Å². The van der Waals surface area contributed by atoms with E-state index in [0.29, 0.717) is 31.9 Å². The van der Waals surface area contributed by atoms with E-state index in [1.807, 2.05) is 24.3 Å². The highest BCUT2D eigenvalue weighted by Gasteiger charge is 2.22. The SMILES string of the molecule is CC(C)(C)c1ccc(OCC(=O)OCC(=O)N2CCN(c3ccc(F)cc3)CC2)cc1. The van der Waals surface area contributed by atoms with E-state index in [4.69, 9.17) is 9.47 Å². The molecule has 0 spiro atoms. The summed E-state index contributed by atoms with van der Waals surface area (Å²) in [6.45, 7) is 8.13. The van der Waals surface area contributed by atoms with Crippen LogP contribution in [0.5, 0.6) is 5.75 Å². The Bertz CT molecular complexity index is 883. The standard InChI is InChI=1S/C24H29FN2O4/c1-24(2,3)18-4-10-21(11-5-18)30-17-23(29)31-16-22(28)27-14-12-26(13-15-27)20-8-6-19(25)7-9-20/h4-11H,12-17H2,1-3H3. The van der Waals surface area contributed by atoms with Gasteiger partial charge < -0.3 is 19.3 Å². The minimum atomic E-state index is -0.585. The molecular weight excluding hydrogens is 399 g/mol. The van der Waals surface area contributed by atoms with Gasteiger partial charge in [0.05, 0.1) is 0 Å². The van der Waals surface area contributed by atoms with E-state index in [9.17, 15) is 14.0 Å². The van der Waals surface area contributed by atoms with Crippen LogP contribution in [0.15, 0.2) is 48.5 Å². The predicted molar refractivity (Wildman–Crippen MR) is 117 cm³/mol. The fraction of sp³-hybridized carbons (Fsp3) is 0.417. The van der Waals surface area contributed by atoms with Gasteiger partial charge in [0.2, 0.25) is 0 Å². The van der Waals surface area contributed by atoms with E-state index in [1.165, 1.54) is 17.7 Å². The zero-order valence-electron chi connectivity index (χ0n) is 18.3. The number of amides is 1. The van der Waals surface area contributed by atoms with Crippen molar-refractivity contribution >= 4 is 17.6 Å². The Balaban J connectivity index is 1.37. The first-order valence-electron chi connectivity index (χ1n) is 10.4. The summed E-state index contributed by atoms with van der Waals surface area (Å²) in [4.78, 5) is 28.0. The maximum atomic E-state index is 13.1. The lowest BCUT2D eigenvalue weighted by molar-refractivity contribution is -0.153. The first kappa shape index (κ1) is 22.6. The first-order chi connectivity index (χ1) is 14.7. The number of benzene rings is 2. The Morgan fingerprint density at radius 2 is 1.52 bits per heavy atom. The molecule has 3 rings (SSSR count). The average Bonchev–Trinajstić information content (AvgIpc) is 2.76. The Hall–Kier alpha value is -3.09. The molecule has 31 heavy (non-hydrogen) atoms. The number of hydrogen-bond acceptors (Lipinski definition) is 5. The number of ether oxygens (including phenoxy) is 2. The second-order valence-corrected chi connectivity index (χ2v) is 8.57. The molecule has 0 aliphatic carbocycles. The number of hydrogen-bond donors (Lipinski definition) is 0. The van der Waals surface area contributed by atoms with E-state index < -0.39 is 5.97 Å². The lowest BCUT2D eigenvalue weighted by Gasteiger charge is -2.36. The Labute approximate surface area is 182 Å². The van der Waals surface area contributed by atoms with Gasteiger partial charge in [0.1, 0.15) is 11.6 Å². The number of rotatable bonds is 6. The molecule has 1 aliphatic heterocycles. The van der Waals surface area contributed by atoms with Crippen molar-refractivity contribution in [2.45, 2.75) is 26.2 Å². The average molecular weight is 429 g/mol. The van der Waals surface area contributed by atoms with Gasteiger partial charge in [0.15, 0.2) is 13.2 Å². The molecule has 0 unspecified atom stereocenters. The maximum Gasteiger partial charge on any atom is 0.344 e. The summed E-state index contributed by atoms with van der Waals surface area (Å²) in [5.41, 5.74) is 2.14. The van der Waals surface area contributed by atoms with Crippen LogP contribution in [0.3, 0.4) is 0 Å². The summed E-state index contributed by atoms with van der Waals surface area (Å²) in [5.74, 6) is -0.515. The van der Waals surface area contributed by atoms with Crippen LogP contribution in [0.1, 0.15) is 26.3 Å². The summed E-state index contributed by atoms with van der Waals surface area (Å²) < 4.78 is 23.6. The van der Waals surface area contributed by atoms with Crippen molar-refractivity contribution in [2.75, 3.05) is 44.3 Å². The fourth-order valence-corrected chi connectivity index (χ4v) is 3.33. The van der Waals surface area contributed by atoms with Crippen LogP contribution < -0.4 is 9.64 Å². The molecule has 0 saturated carbocycles. The predicted octanol–water partition coefficient (Wildman–Crippen LogP) is 3.39. The lowest BCUT2D eigenvalue weighted by atomic mass is 9.87. The lowest BCUT2D eigenvalue weighted by Crippen LogP contribution is -2.50. The van der Waals surface area contributed by atoms with Gasteiger partial charge in [0.25, 0.3) is 5.91 Å². The molecule has 1 aliphatic rings. The van der Waals surface area contributed by atoms with Crippen LogP contribution in [0.4, 0.5) is 10.1 Å². The fourth-order valence-electron chi connectivity index (χ4n) is 3.33. The minimum Gasteiger partial charge on any atom is -0.482 e. The molecule has 6 nitrogen and oxygen atoms in total. The zero-order valence-corrected chi connectivity index (χ0v) is 18.3. The van der Waals surface area contributed by atoms with Crippen LogP contribution in [0.2, 0.25) is 0 Å². The first-order valence-corrected chi connectivity index (χ1v) is 10.4. The molecule has 2 aromatic carbocycles. The molecule has 0 aromatic heterocycles. The third-order valence-corrected chi connectivity index (χ3v) is 5.26. The van der Waals surface area contributed by atoms with Gasteiger partial charge in [-0.05, 0) is 47.4 Å². The summed E-state index contributed by atoms with van der Waals surface area (Å²) in [5, 5.41) is 0. The molecule has 0 N–H and O–H groups in total. The van der Waals surface area contributed by atoms with Crippen molar-refractivity contribution < 1.29 is 23.5 Å². The number of esters is 1. The molecule has 7 heteroatoms. The highest BCUT2D eigenvalue weighted by molar-refractivity contribution is 5.81. The molecule has 0 bridgehead atoms. The molecule has 166 valence electrons. The minimum absolute atomic E-state index is 0.0440. The van der Waals surface area contributed by atoms with Gasteiger partial charge in [0, 0.05) is 31.9 Å². The number of carbonyl (C=O) groups excluding carboxylic acids is 2. The molecule has 0 radical (unpaired) electrons. The van der Waals surface area contributed by atoms with Crippen molar-refractivity contribution in [1.82, 2.24) is 4.90 Å². The Kier molecular flexibility index (Phi) is 7.15. The zero-order chi connectivity index (χ0) is 22.4. The van der Waals surface area contributed by atoms with Crippen molar-refractivity contribution in [3.05, 3.63) is 59.9 Å². The van der Waals surface area contributed by atoms with Crippen LogP contribution in [-0.4, -0.2) is 56.2 Å². The summed E-state index contributed by atoms with van der Waals surface area (Å²) in [6.07, 6.45) is 0. The number of halogens is 1. The molecule has 1 heterocycles. The molecular formula is C24H29FN2O4. The van der Waals surface area contributed by atoms with E-state index in [-0.39, 0.29) is 30.4 Å².